The molecule has 2 aromatic carbocycles. The standard InChI is InChI=1S/C26H24N4O4.ClH/c1-16-8-18(14-27)10-21(9-16)30-26-29-15-23(34-26)19-11-20(13-22(12-19)33-7-6-32-3)24-17(2)4-5-28-25(24)31;/h4-5,8-13,15H,6-7H2,1-3H3,(H,28,31)(H,29,30);1H. The summed E-state index contributed by atoms with van der Waals surface area (Å²) in [4.78, 5) is 19.6. The molecule has 0 aliphatic rings. The summed E-state index contributed by atoms with van der Waals surface area (Å²) >= 11 is 0. The van der Waals surface area contributed by atoms with E-state index in [1.807, 2.05) is 44.2 Å². The second kappa shape index (κ2) is 11.4. The van der Waals surface area contributed by atoms with Crippen molar-refractivity contribution >= 4 is 24.1 Å². The van der Waals surface area contributed by atoms with E-state index < -0.39 is 0 Å². The maximum atomic E-state index is 12.6. The molecular weight excluding hydrogens is 468 g/mol. The van der Waals surface area contributed by atoms with E-state index in [2.05, 4.69) is 21.4 Å². The van der Waals surface area contributed by atoms with Crippen molar-refractivity contribution in [3.05, 3.63) is 81.9 Å². The van der Waals surface area contributed by atoms with Crippen LogP contribution in [0.1, 0.15) is 16.7 Å². The van der Waals surface area contributed by atoms with Crippen LogP contribution in [0.25, 0.3) is 22.5 Å². The molecule has 2 N–H and O–H groups in total. The van der Waals surface area contributed by atoms with Gasteiger partial charge >= 0.3 is 0 Å². The molecule has 4 aromatic rings. The number of ether oxygens (including phenoxy) is 2. The number of aromatic amines is 1. The van der Waals surface area contributed by atoms with Gasteiger partial charge in [0.1, 0.15) is 12.4 Å². The number of halogens is 1. The highest BCUT2D eigenvalue weighted by Gasteiger charge is 2.14. The minimum Gasteiger partial charge on any atom is -0.491 e. The van der Waals surface area contributed by atoms with E-state index in [9.17, 15) is 10.1 Å². The first-order chi connectivity index (χ1) is 16.5. The molecule has 0 radical (unpaired) electrons. The molecule has 0 saturated carbocycles. The first kappa shape index (κ1) is 25.6. The normalized spacial score (nSPS) is 10.3. The fraction of sp³-hybridized carbons (Fsp3) is 0.192. The van der Waals surface area contributed by atoms with E-state index in [0.29, 0.717) is 52.7 Å². The number of rotatable bonds is 8. The molecule has 0 unspecified atom stereocenters. The van der Waals surface area contributed by atoms with Gasteiger partial charge in [0.2, 0.25) is 0 Å². The van der Waals surface area contributed by atoms with Crippen LogP contribution < -0.4 is 15.6 Å². The number of hydrogen-bond acceptors (Lipinski definition) is 7. The molecule has 0 amide bonds. The van der Waals surface area contributed by atoms with Crippen LogP contribution in [0, 0.1) is 25.2 Å². The Morgan fingerprint density at radius 2 is 1.91 bits per heavy atom. The summed E-state index contributed by atoms with van der Waals surface area (Å²) in [7, 11) is 1.61. The zero-order valence-corrected chi connectivity index (χ0v) is 20.4. The van der Waals surface area contributed by atoms with Gasteiger partial charge in [-0.05, 0) is 73.0 Å². The van der Waals surface area contributed by atoms with Gasteiger partial charge in [-0.2, -0.15) is 5.26 Å². The van der Waals surface area contributed by atoms with Gasteiger partial charge in [-0.25, -0.2) is 4.98 Å². The molecule has 0 aliphatic heterocycles. The van der Waals surface area contributed by atoms with Crippen molar-refractivity contribution in [3.63, 3.8) is 0 Å². The van der Waals surface area contributed by atoms with Crippen LogP contribution >= 0.6 is 12.4 Å². The summed E-state index contributed by atoms with van der Waals surface area (Å²) in [6.07, 6.45) is 3.22. The minimum atomic E-state index is -0.187. The largest absolute Gasteiger partial charge is 0.491 e. The average molecular weight is 493 g/mol. The number of nitriles is 1. The number of anilines is 2. The van der Waals surface area contributed by atoms with Gasteiger partial charge in [-0.3, -0.25) is 4.79 Å². The van der Waals surface area contributed by atoms with Crippen molar-refractivity contribution in [2.24, 2.45) is 0 Å². The highest BCUT2D eigenvalue weighted by atomic mass is 35.5. The Morgan fingerprint density at radius 1 is 1.11 bits per heavy atom. The molecule has 0 aliphatic carbocycles. The lowest BCUT2D eigenvalue weighted by atomic mass is 9.99. The van der Waals surface area contributed by atoms with E-state index in [1.165, 1.54) is 0 Å². The number of oxazole rings is 1. The Labute approximate surface area is 209 Å². The molecule has 180 valence electrons. The smallest absolute Gasteiger partial charge is 0.299 e. The minimum absolute atomic E-state index is 0. The second-order valence-corrected chi connectivity index (χ2v) is 7.81. The molecule has 0 atom stereocenters. The van der Waals surface area contributed by atoms with Crippen LogP contribution in [0.3, 0.4) is 0 Å². The van der Waals surface area contributed by atoms with Crippen molar-refractivity contribution in [2.75, 3.05) is 25.6 Å². The maximum absolute atomic E-state index is 12.6. The molecule has 4 rings (SSSR count). The molecule has 9 heteroatoms. The van der Waals surface area contributed by atoms with Crippen molar-refractivity contribution < 1.29 is 13.9 Å². The SMILES string of the molecule is COCCOc1cc(-c2cnc(Nc3cc(C)cc(C#N)c3)o2)cc(-c2c(C)cc[nH]c2=O)c1.Cl. The van der Waals surface area contributed by atoms with Gasteiger partial charge < -0.3 is 24.2 Å². The van der Waals surface area contributed by atoms with Crippen LogP contribution in [-0.4, -0.2) is 30.3 Å². The van der Waals surface area contributed by atoms with E-state index in [-0.39, 0.29) is 24.0 Å². The third-order valence-electron chi connectivity index (χ3n) is 5.17. The van der Waals surface area contributed by atoms with E-state index in [0.717, 1.165) is 11.1 Å². The molecule has 0 saturated heterocycles. The predicted octanol–water partition coefficient (Wildman–Crippen LogP) is 5.38. The highest BCUT2D eigenvalue weighted by molar-refractivity contribution is 5.85. The number of aryl methyl sites for hydroxylation is 2. The summed E-state index contributed by atoms with van der Waals surface area (Å²) in [6.45, 7) is 4.59. The van der Waals surface area contributed by atoms with E-state index >= 15 is 0 Å². The van der Waals surface area contributed by atoms with Gasteiger partial charge in [0.15, 0.2) is 5.76 Å². The molecule has 0 fully saturated rings. The number of nitrogens with one attached hydrogen (secondary N) is 2. The van der Waals surface area contributed by atoms with Crippen molar-refractivity contribution in [3.8, 4) is 34.3 Å². The summed E-state index contributed by atoms with van der Waals surface area (Å²) in [5, 5.41) is 12.3. The lowest BCUT2D eigenvalue weighted by Gasteiger charge is -2.11. The Bertz CT molecular complexity index is 1420. The number of nitrogens with zero attached hydrogens (tertiary/aromatic N) is 2. The Kier molecular flexibility index (Phi) is 8.31. The first-order valence-corrected chi connectivity index (χ1v) is 10.7. The Hall–Kier alpha value is -4.06. The van der Waals surface area contributed by atoms with Crippen LogP contribution in [0.15, 0.2) is 64.1 Å². The van der Waals surface area contributed by atoms with Crippen molar-refractivity contribution in [1.29, 1.82) is 5.26 Å². The van der Waals surface area contributed by atoms with Crippen LogP contribution in [-0.2, 0) is 4.74 Å². The van der Waals surface area contributed by atoms with Gasteiger partial charge in [0, 0.05) is 24.6 Å². The van der Waals surface area contributed by atoms with E-state index in [1.54, 1.807) is 31.6 Å². The number of pyridine rings is 1. The molecule has 0 bridgehead atoms. The zero-order chi connectivity index (χ0) is 24.1. The van der Waals surface area contributed by atoms with Crippen molar-refractivity contribution in [2.45, 2.75) is 13.8 Å². The summed E-state index contributed by atoms with van der Waals surface area (Å²) < 4.78 is 16.9. The molecular formula is C26H25ClN4O4. The first-order valence-electron chi connectivity index (χ1n) is 10.7. The molecule has 0 spiro atoms. The third-order valence-corrected chi connectivity index (χ3v) is 5.17. The quantitative estimate of drug-likeness (QED) is 0.317. The maximum Gasteiger partial charge on any atom is 0.299 e. The monoisotopic (exact) mass is 492 g/mol. The summed E-state index contributed by atoms with van der Waals surface area (Å²) in [6, 6.07) is 15.2. The van der Waals surface area contributed by atoms with E-state index in [4.69, 9.17) is 13.9 Å². The summed E-state index contributed by atoms with van der Waals surface area (Å²) in [5.41, 5.74) is 4.81. The van der Waals surface area contributed by atoms with Gasteiger partial charge in [-0.1, -0.05) is 0 Å². The number of methoxy groups -OCH3 is 1. The molecule has 8 nitrogen and oxygen atoms in total. The molecule has 2 aromatic heterocycles. The zero-order valence-electron chi connectivity index (χ0n) is 19.5. The van der Waals surface area contributed by atoms with Gasteiger partial charge in [-0.15, -0.1) is 12.4 Å². The average Bonchev–Trinajstić information content (AvgIpc) is 3.27. The highest BCUT2D eigenvalue weighted by Crippen LogP contribution is 2.33. The Balaban J connectivity index is 0.00000342. The fourth-order valence-corrected chi connectivity index (χ4v) is 3.66. The molecule has 35 heavy (non-hydrogen) atoms. The second-order valence-electron chi connectivity index (χ2n) is 7.81. The van der Waals surface area contributed by atoms with Crippen molar-refractivity contribution in [1.82, 2.24) is 9.97 Å². The lowest BCUT2D eigenvalue weighted by molar-refractivity contribution is 0.146. The van der Waals surface area contributed by atoms with Crippen LogP contribution in [0.4, 0.5) is 11.7 Å². The lowest BCUT2D eigenvalue weighted by Crippen LogP contribution is -2.10. The van der Waals surface area contributed by atoms with Gasteiger partial charge in [0.05, 0.1) is 30.0 Å². The van der Waals surface area contributed by atoms with Gasteiger partial charge in [0.25, 0.3) is 11.6 Å². The number of benzene rings is 2. The number of hydrogen-bond donors (Lipinski definition) is 2. The topological polar surface area (TPSA) is 113 Å². The third kappa shape index (κ3) is 6.09. The number of aromatic nitrogens is 2. The summed E-state index contributed by atoms with van der Waals surface area (Å²) in [5.74, 6) is 1.08. The predicted molar refractivity (Wildman–Crippen MR) is 137 cm³/mol. The number of H-pyrrole nitrogens is 1. The fourth-order valence-electron chi connectivity index (χ4n) is 3.66. The van der Waals surface area contributed by atoms with Crippen LogP contribution in [0.5, 0.6) is 5.75 Å². The molecule has 2 heterocycles. The Morgan fingerprint density at radius 3 is 2.66 bits per heavy atom. The van der Waals surface area contributed by atoms with Crippen LogP contribution in [0.2, 0.25) is 0 Å².